The van der Waals surface area contributed by atoms with Gasteiger partial charge >= 0.3 is 0 Å². The number of pyridine rings is 1. The Kier molecular flexibility index (Phi) is 3.29. The van der Waals surface area contributed by atoms with Gasteiger partial charge < -0.3 is 16.8 Å². The molecule has 0 aliphatic heterocycles. The van der Waals surface area contributed by atoms with Crippen molar-refractivity contribution in [1.82, 2.24) is 4.98 Å². The van der Waals surface area contributed by atoms with Crippen LogP contribution < -0.4 is 16.8 Å². The summed E-state index contributed by atoms with van der Waals surface area (Å²) in [4.78, 5) is 15.6. The highest BCUT2D eigenvalue weighted by Crippen LogP contribution is 2.27. The highest BCUT2D eigenvalue weighted by atomic mass is 16.1. The molecule has 1 heterocycles. The maximum atomic E-state index is 11.3. The number of nitrogen functional groups attached to an aromatic ring is 1. The molecule has 1 amide bonds. The molecular weight excluding hydrogens is 240 g/mol. The molecule has 0 fully saturated rings. The van der Waals surface area contributed by atoms with Crippen molar-refractivity contribution in [2.24, 2.45) is 11.1 Å². The van der Waals surface area contributed by atoms with Crippen molar-refractivity contribution in [2.45, 2.75) is 13.8 Å². The average Bonchev–Trinajstić information content (AvgIpc) is 2.38. The fraction of sp³-hybridized carbons (Fsp3) is 0.286. The fourth-order valence-corrected chi connectivity index (χ4v) is 1.74. The van der Waals surface area contributed by atoms with Crippen LogP contribution in [0, 0.1) is 5.41 Å². The number of fused-ring (bicyclic) bond motifs is 1. The number of rotatable bonds is 4. The number of hydrogen-bond donors (Lipinski definition) is 3. The third kappa shape index (κ3) is 2.59. The number of amides is 1. The Morgan fingerprint density at radius 1 is 1.37 bits per heavy atom. The summed E-state index contributed by atoms with van der Waals surface area (Å²) in [6.07, 6.45) is 1.71. The smallest absolute Gasteiger partial charge is 0.224 e. The predicted octanol–water partition coefficient (Wildman–Crippen LogP) is 1.74. The van der Waals surface area contributed by atoms with Gasteiger partial charge in [0.25, 0.3) is 0 Å². The van der Waals surface area contributed by atoms with Crippen LogP contribution in [0.2, 0.25) is 0 Å². The van der Waals surface area contributed by atoms with E-state index in [1.807, 2.05) is 24.3 Å². The first-order chi connectivity index (χ1) is 8.92. The molecule has 1 aromatic heterocycles. The minimum absolute atomic E-state index is 0.340. The molecule has 5 heteroatoms. The molecule has 0 radical (unpaired) electrons. The van der Waals surface area contributed by atoms with Crippen LogP contribution in [-0.4, -0.2) is 17.4 Å². The molecule has 1 aromatic carbocycles. The van der Waals surface area contributed by atoms with Crippen molar-refractivity contribution < 1.29 is 4.79 Å². The third-order valence-corrected chi connectivity index (χ3v) is 3.19. The van der Waals surface area contributed by atoms with Gasteiger partial charge in [0.2, 0.25) is 5.91 Å². The number of anilines is 2. The van der Waals surface area contributed by atoms with Crippen molar-refractivity contribution >= 4 is 28.2 Å². The zero-order chi connectivity index (χ0) is 14.0. The molecule has 5 N–H and O–H groups in total. The second kappa shape index (κ2) is 4.76. The van der Waals surface area contributed by atoms with Crippen LogP contribution in [0.4, 0.5) is 11.4 Å². The summed E-state index contributed by atoms with van der Waals surface area (Å²) in [5, 5.41) is 4.11. The van der Waals surface area contributed by atoms with Gasteiger partial charge in [-0.05, 0) is 38.1 Å². The molecule has 0 saturated heterocycles. The monoisotopic (exact) mass is 258 g/mol. The first-order valence-corrected chi connectivity index (χ1v) is 6.09. The molecule has 0 bridgehead atoms. The summed E-state index contributed by atoms with van der Waals surface area (Å²) in [5.41, 5.74) is 13.0. The van der Waals surface area contributed by atoms with Gasteiger partial charge in [0.05, 0.1) is 16.6 Å². The van der Waals surface area contributed by atoms with E-state index in [0.717, 1.165) is 16.6 Å². The zero-order valence-corrected chi connectivity index (χ0v) is 11.1. The van der Waals surface area contributed by atoms with E-state index in [-0.39, 0.29) is 5.91 Å². The van der Waals surface area contributed by atoms with Gasteiger partial charge in [-0.1, -0.05) is 0 Å². The standard InChI is InChI=1S/C14H18N4O/c1-14(2,13(16)19)8-18-11-6-5-10(15)9-4-3-7-17-12(9)11/h3-7,18H,8,15H2,1-2H3,(H2,16,19). The van der Waals surface area contributed by atoms with E-state index < -0.39 is 5.41 Å². The maximum Gasteiger partial charge on any atom is 0.224 e. The Morgan fingerprint density at radius 3 is 2.79 bits per heavy atom. The maximum absolute atomic E-state index is 11.3. The van der Waals surface area contributed by atoms with Crippen molar-refractivity contribution in [3.05, 3.63) is 30.5 Å². The van der Waals surface area contributed by atoms with Crippen LogP contribution in [0.25, 0.3) is 10.9 Å². The largest absolute Gasteiger partial charge is 0.398 e. The van der Waals surface area contributed by atoms with Crippen LogP contribution >= 0.6 is 0 Å². The second-order valence-electron chi connectivity index (χ2n) is 5.20. The number of nitrogens with two attached hydrogens (primary N) is 2. The number of aromatic nitrogens is 1. The Labute approximate surface area is 112 Å². The number of carbonyl (C=O) groups excluding carboxylic acids is 1. The first-order valence-electron chi connectivity index (χ1n) is 6.09. The Balaban J connectivity index is 2.32. The third-order valence-electron chi connectivity index (χ3n) is 3.19. The highest BCUT2D eigenvalue weighted by Gasteiger charge is 2.24. The number of nitrogens with one attached hydrogen (secondary N) is 1. The highest BCUT2D eigenvalue weighted by molar-refractivity contribution is 5.98. The lowest BCUT2D eigenvalue weighted by Crippen LogP contribution is -2.37. The van der Waals surface area contributed by atoms with Gasteiger partial charge in [-0.25, -0.2) is 0 Å². The summed E-state index contributed by atoms with van der Waals surface area (Å²) < 4.78 is 0. The van der Waals surface area contributed by atoms with E-state index in [0.29, 0.717) is 12.2 Å². The molecule has 0 aliphatic carbocycles. The minimum Gasteiger partial charge on any atom is -0.398 e. The van der Waals surface area contributed by atoms with Crippen LogP contribution in [-0.2, 0) is 4.79 Å². The molecule has 0 saturated carbocycles. The van der Waals surface area contributed by atoms with Crippen LogP contribution in [0.3, 0.4) is 0 Å². The summed E-state index contributed by atoms with van der Waals surface area (Å²) in [6.45, 7) is 4.04. The molecule has 100 valence electrons. The van der Waals surface area contributed by atoms with Crippen molar-refractivity contribution in [3.63, 3.8) is 0 Å². The van der Waals surface area contributed by atoms with E-state index in [4.69, 9.17) is 11.5 Å². The molecule has 5 nitrogen and oxygen atoms in total. The van der Waals surface area contributed by atoms with E-state index in [9.17, 15) is 4.79 Å². The van der Waals surface area contributed by atoms with Crippen LogP contribution in [0.15, 0.2) is 30.5 Å². The minimum atomic E-state index is -0.623. The van der Waals surface area contributed by atoms with Gasteiger partial charge in [0, 0.05) is 23.8 Å². The molecule has 2 rings (SSSR count). The molecule has 0 aliphatic rings. The normalized spacial score (nSPS) is 11.5. The van der Waals surface area contributed by atoms with E-state index in [1.165, 1.54) is 0 Å². The first kappa shape index (κ1) is 13.1. The zero-order valence-electron chi connectivity index (χ0n) is 11.1. The fourth-order valence-electron chi connectivity index (χ4n) is 1.74. The Hall–Kier alpha value is -2.30. The number of benzene rings is 1. The molecule has 0 unspecified atom stereocenters. The van der Waals surface area contributed by atoms with Gasteiger partial charge in [-0.2, -0.15) is 0 Å². The van der Waals surface area contributed by atoms with Crippen molar-refractivity contribution in [1.29, 1.82) is 0 Å². The molecule has 0 atom stereocenters. The molecule has 19 heavy (non-hydrogen) atoms. The summed E-state index contributed by atoms with van der Waals surface area (Å²) >= 11 is 0. The number of carbonyl (C=O) groups is 1. The Morgan fingerprint density at radius 2 is 2.11 bits per heavy atom. The summed E-state index contributed by atoms with van der Waals surface area (Å²) in [7, 11) is 0. The van der Waals surface area contributed by atoms with Crippen molar-refractivity contribution in [3.8, 4) is 0 Å². The van der Waals surface area contributed by atoms with Crippen LogP contribution in [0.1, 0.15) is 13.8 Å². The van der Waals surface area contributed by atoms with Gasteiger partial charge in [0.1, 0.15) is 0 Å². The molecular formula is C14H18N4O. The van der Waals surface area contributed by atoms with Gasteiger partial charge in [0.15, 0.2) is 0 Å². The van der Waals surface area contributed by atoms with E-state index in [1.54, 1.807) is 20.0 Å². The van der Waals surface area contributed by atoms with E-state index >= 15 is 0 Å². The lowest BCUT2D eigenvalue weighted by Gasteiger charge is -2.22. The van der Waals surface area contributed by atoms with Crippen molar-refractivity contribution in [2.75, 3.05) is 17.6 Å². The summed E-state index contributed by atoms with van der Waals surface area (Å²) in [6, 6.07) is 7.45. The van der Waals surface area contributed by atoms with Gasteiger partial charge in [-0.3, -0.25) is 9.78 Å². The summed E-state index contributed by atoms with van der Waals surface area (Å²) in [5.74, 6) is -0.340. The molecule has 0 spiro atoms. The number of nitrogens with zero attached hydrogens (tertiary/aromatic N) is 1. The van der Waals surface area contributed by atoms with E-state index in [2.05, 4.69) is 10.3 Å². The SMILES string of the molecule is CC(C)(CNc1ccc(N)c2cccnc12)C(N)=O. The van der Waals surface area contributed by atoms with Gasteiger partial charge in [-0.15, -0.1) is 0 Å². The number of hydrogen-bond acceptors (Lipinski definition) is 4. The lowest BCUT2D eigenvalue weighted by atomic mass is 9.92. The Bertz CT molecular complexity index is 622. The second-order valence-corrected chi connectivity index (χ2v) is 5.20. The lowest BCUT2D eigenvalue weighted by molar-refractivity contribution is -0.125. The quantitative estimate of drug-likeness (QED) is 0.728. The van der Waals surface area contributed by atoms with Crippen LogP contribution in [0.5, 0.6) is 0 Å². The average molecular weight is 258 g/mol. The molecule has 2 aromatic rings. The number of primary amides is 1. The predicted molar refractivity (Wildman–Crippen MR) is 77.6 cm³/mol. The topological polar surface area (TPSA) is 94.0 Å².